The van der Waals surface area contributed by atoms with Gasteiger partial charge in [0.05, 0.1) is 46.5 Å². The van der Waals surface area contributed by atoms with Gasteiger partial charge < -0.3 is 10.3 Å². The van der Waals surface area contributed by atoms with E-state index in [-0.39, 0.29) is 11.2 Å². The average molecular weight is 519 g/mol. The van der Waals surface area contributed by atoms with Gasteiger partial charge in [0.1, 0.15) is 11.5 Å². The smallest absolute Gasteiger partial charge is 0.159 e. The van der Waals surface area contributed by atoms with Crippen LogP contribution in [0.3, 0.4) is 0 Å². The lowest BCUT2D eigenvalue weighted by atomic mass is 9.91. The molecule has 5 heterocycles. The zero-order chi connectivity index (χ0) is 27.1. The van der Waals surface area contributed by atoms with Gasteiger partial charge in [0.25, 0.3) is 0 Å². The van der Waals surface area contributed by atoms with Gasteiger partial charge in [0.15, 0.2) is 5.82 Å². The number of H-pyrrole nitrogens is 2. The van der Waals surface area contributed by atoms with Gasteiger partial charge in [-0.15, -0.1) is 0 Å². The molecule has 0 atom stereocenters. The fraction of sp³-hybridized carbons (Fsp3) is 0.167. The van der Waals surface area contributed by atoms with E-state index >= 15 is 0 Å². The summed E-state index contributed by atoms with van der Waals surface area (Å²) in [4.78, 5) is 21.5. The highest BCUT2D eigenvalue weighted by molar-refractivity contribution is 5.97. The summed E-state index contributed by atoms with van der Waals surface area (Å²) in [7, 11) is 0. The number of aromatic amines is 2. The Kier molecular flexibility index (Phi) is 5.91. The van der Waals surface area contributed by atoms with Crippen LogP contribution in [-0.2, 0) is 0 Å². The Labute approximate surface area is 224 Å². The Balaban J connectivity index is 1.37. The predicted molar refractivity (Wildman–Crippen MR) is 152 cm³/mol. The number of aromatic nitrogens is 7. The summed E-state index contributed by atoms with van der Waals surface area (Å²) >= 11 is 0. The van der Waals surface area contributed by atoms with Crippen LogP contribution in [-0.4, -0.2) is 35.1 Å². The molecule has 0 saturated heterocycles. The molecule has 0 saturated carbocycles. The summed E-state index contributed by atoms with van der Waals surface area (Å²) in [6, 6.07) is 10.4. The van der Waals surface area contributed by atoms with E-state index in [1.165, 1.54) is 12.1 Å². The first kappa shape index (κ1) is 24.4. The summed E-state index contributed by atoms with van der Waals surface area (Å²) in [5.41, 5.74) is 7.81. The van der Waals surface area contributed by atoms with E-state index in [0.29, 0.717) is 22.6 Å². The van der Waals surface area contributed by atoms with Crippen molar-refractivity contribution < 1.29 is 4.39 Å². The third-order valence-electron chi connectivity index (χ3n) is 6.30. The van der Waals surface area contributed by atoms with Crippen molar-refractivity contribution in [2.24, 2.45) is 5.41 Å². The molecule has 0 amide bonds. The Morgan fingerprint density at radius 2 is 1.82 bits per heavy atom. The maximum atomic E-state index is 13.9. The van der Waals surface area contributed by atoms with Crippen molar-refractivity contribution in [2.75, 3.05) is 5.32 Å². The first-order valence-corrected chi connectivity index (χ1v) is 12.6. The van der Waals surface area contributed by atoms with Gasteiger partial charge in [0, 0.05) is 34.6 Å². The molecule has 6 rings (SSSR count). The lowest BCUT2D eigenvalue weighted by molar-refractivity contribution is 0.411. The Bertz CT molecular complexity index is 1840. The average Bonchev–Trinajstić information content (AvgIpc) is 3.51. The van der Waals surface area contributed by atoms with Crippen LogP contribution in [0.2, 0.25) is 0 Å². The Hall–Kier alpha value is -4.92. The third kappa shape index (κ3) is 4.98. The van der Waals surface area contributed by atoms with Crippen molar-refractivity contribution >= 4 is 27.6 Å². The summed E-state index contributed by atoms with van der Waals surface area (Å²) in [6.45, 7) is 10.7. The molecule has 5 aromatic heterocycles. The van der Waals surface area contributed by atoms with E-state index < -0.39 is 0 Å². The zero-order valence-electron chi connectivity index (χ0n) is 21.9. The molecule has 0 aliphatic carbocycles. The zero-order valence-corrected chi connectivity index (χ0v) is 21.9. The molecule has 0 unspecified atom stereocenters. The van der Waals surface area contributed by atoms with Crippen LogP contribution in [0.1, 0.15) is 27.2 Å². The number of hydrogen-bond acceptors (Lipinski definition) is 6. The fourth-order valence-corrected chi connectivity index (χ4v) is 4.70. The SMILES string of the molecule is C=C(CC(C)(C)C)Nc1cncc(-c2cc3c(-c4nc5c(-c6cccc(F)c6)cncc5[nH]4)n[nH]c3cn2)c1. The predicted octanol–water partition coefficient (Wildman–Crippen LogP) is 7.13. The van der Waals surface area contributed by atoms with Crippen LogP contribution in [0.4, 0.5) is 10.1 Å². The quantitative estimate of drug-likeness (QED) is 0.217. The number of pyridine rings is 3. The summed E-state index contributed by atoms with van der Waals surface area (Å²) in [5, 5.41) is 11.8. The van der Waals surface area contributed by atoms with Gasteiger partial charge in [-0.2, -0.15) is 5.10 Å². The molecule has 6 aromatic rings. The van der Waals surface area contributed by atoms with Crippen molar-refractivity contribution in [1.82, 2.24) is 35.1 Å². The van der Waals surface area contributed by atoms with Gasteiger partial charge in [0.2, 0.25) is 0 Å². The number of nitrogens with zero attached hydrogens (tertiary/aromatic N) is 5. The van der Waals surface area contributed by atoms with E-state index in [1.54, 1.807) is 37.1 Å². The second-order valence-electron chi connectivity index (χ2n) is 10.8. The van der Waals surface area contributed by atoms with E-state index in [1.807, 2.05) is 18.2 Å². The van der Waals surface area contributed by atoms with Crippen molar-refractivity contribution in [3.8, 4) is 33.9 Å². The summed E-state index contributed by atoms with van der Waals surface area (Å²) in [6.07, 6.45) is 9.54. The largest absolute Gasteiger partial charge is 0.358 e. The van der Waals surface area contributed by atoms with Gasteiger partial charge in [-0.05, 0) is 41.7 Å². The first-order chi connectivity index (χ1) is 18.7. The van der Waals surface area contributed by atoms with Crippen molar-refractivity contribution in [3.05, 3.63) is 85.5 Å². The standard InChI is InChI=1S/C30H27FN8/c1-17(11-30(2,3)4)35-21-9-19(12-32-13-21)24-10-22-25(16-34-24)38-39-28(22)29-36-26-15-33-14-23(27(26)37-29)18-6-5-7-20(31)8-18/h5-10,12-16,35H,1,11H2,2-4H3,(H,36,37)(H,38,39). The molecule has 0 spiro atoms. The van der Waals surface area contributed by atoms with Gasteiger partial charge in [-0.3, -0.25) is 20.1 Å². The first-order valence-electron chi connectivity index (χ1n) is 12.6. The topological polar surface area (TPSA) is 108 Å². The van der Waals surface area contributed by atoms with Crippen molar-refractivity contribution in [1.29, 1.82) is 0 Å². The van der Waals surface area contributed by atoms with Crippen LogP contribution in [0.25, 0.3) is 55.8 Å². The lowest BCUT2D eigenvalue weighted by Gasteiger charge is -2.20. The number of fused-ring (bicyclic) bond motifs is 2. The maximum Gasteiger partial charge on any atom is 0.159 e. The molecule has 0 aliphatic rings. The molecule has 39 heavy (non-hydrogen) atoms. The number of allylic oxidation sites excluding steroid dienone is 1. The van der Waals surface area contributed by atoms with Crippen molar-refractivity contribution in [3.63, 3.8) is 0 Å². The molecule has 1 aromatic carbocycles. The van der Waals surface area contributed by atoms with Crippen molar-refractivity contribution in [2.45, 2.75) is 27.2 Å². The highest BCUT2D eigenvalue weighted by Gasteiger charge is 2.17. The van der Waals surface area contributed by atoms with E-state index in [2.05, 4.69) is 62.8 Å². The molecule has 0 bridgehead atoms. The molecular formula is C30H27FN8. The highest BCUT2D eigenvalue weighted by Crippen LogP contribution is 2.33. The number of imidazole rings is 1. The summed E-state index contributed by atoms with van der Waals surface area (Å²) in [5.74, 6) is 0.261. The molecular weight excluding hydrogens is 491 g/mol. The molecule has 9 heteroatoms. The number of hydrogen-bond donors (Lipinski definition) is 3. The molecule has 0 aliphatic heterocycles. The minimum Gasteiger partial charge on any atom is -0.358 e. The number of anilines is 1. The number of rotatable bonds is 6. The molecule has 3 N–H and O–H groups in total. The van der Waals surface area contributed by atoms with Crippen LogP contribution in [0, 0.1) is 11.2 Å². The van der Waals surface area contributed by atoms with E-state index in [9.17, 15) is 4.39 Å². The highest BCUT2D eigenvalue weighted by atomic mass is 19.1. The van der Waals surface area contributed by atoms with Gasteiger partial charge in [-0.25, -0.2) is 9.37 Å². The van der Waals surface area contributed by atoms with Crippen LogP contribution >= 0.6 is 0 Å². The monoisotopic (exact) mass is 518 g/mol. The Morgan fingerprint density at radius 3 is 2.64 bits per heavy atom. The van der Waals surface area contributed by atoms with Crippen LogP contribution in [0.5, 0.6) is 0 Å². The number of benzene rings is 1. The van der Waals surface area contributed by atoms with Gasteiger partial charge in [-0.1, -0.05) is 39.5 Å². The second-order valence-corrected chi connectivity index (χ2v) is 10.8. The third-order valence-corrected chi connectivity index (χ3v) is 6.30. The molecule has 0 radical (unpaired) electrons. The fourth-order valence-electron chi connectivity index (χ4n) is 4.70. The lowest BCUT2D eigenvalue weighted by Crippen LogP contribution is -2.10. The minimum atomic E-state index is -0.314. The molecule has 8 nitrogen and oxygen atoms in total. The normalized spacial score (nSPS) is 11.8. The number of nitrogens with one attached hydrogen (secondary N) is 3. The van der Waals surface area contributed by atoms with E-state index in [4.69, 9.17) is 4.98 Å². The number of halogens is 1. The molecule has 0 fully saturated rings. The molecule has 194 valence electrons. The van der Waals surface area contributed by atoms with Gasteiger partial charge >= 0.3 is 0 Å². The van der Waals surface area contributed by atoms with Crippen LogP contribution < -0.4 is 5.32 Å². The van der Waals surface area contributed by atoms with E-state index in [0.717, 1.165) is 51.0 Å². The van der Waals surface area contributed by atoms with Crippen LogP contribution in [0.15, 0.2) is 79.7 Å². The Morgan fingerprint density at radius 1 is 0.974 bits per heavy atom. The maximum absolute atomic E-state index is 13.9. The summed E-state index contributed by atoms with van der Waals surface area (Å²) < 4.78 is 13.9. The minimum absolute atomic E-state index is 0.129. The second kappa shape index (κ2) is 9.43.